The van der Waals surface area contributed by atoms with Gasteiger partial charge in [-0.15, -0.1) is 0 Å². The summed E-state index contributed by atoms with van der Waals surface area (Å²) in [5, 5.41) is 2.86. The number of aromatic nitrogens is 2. The van der Waals surface area contributed by atoms with E-state index in [1.165, 1.54) is 0 Å². The highest BCUT2D eigenvalue weighted by Crippen LogP contribution is 2.16. The van der Waals surface area contributed by atoms with Gasteiger partial charge in [-0.2, -0.15) is 0 Å². The topological polar surface area (TPSA) is 58.1 Å². The van der Waals surface area contributed by atoms with Crippen molar-refractivity contribution in [3.63, 3.8) is 0 Å². The maximum atomic E-state index is 11.7. The molecule has 0 unspecified atom stereocenters. The zero-order valence-electron chi connectivity index (χ0n) is 11.9. The summed E-state index contributed by atoms with van der Waals surface area (Å²) >= 11 is 3.38. The number of halogens is 1. The lowest BCUT2D eigenvalue weighted by Gasteiger charge is -2.19. The van der Waals surface area contributed by atoms with Gasteiger partial charge in [0, 0.05) is 25.6 Å². The Morgan fingerprint density at radius 2 is 2.16 bits per heavy atom. The number of aryl methyl sites for hydroxylation is 1. The van der Waals surface area contributed by atoms with Gasteiger partial charge in [-0.05, 0) is 36.2 Å². The van der Waals surface area contributed by atoms with Crippen molar-refractivity contribution < 1.29 is 4.79 Å². The zero-order valence-corrected chi connectivity index (χ0v) is 13.5. The monoisotopic (exact) mass is 328 g/mol. The maximum Gasteiger partial charge on any atom is 0.239 e. The Labute approximate surface area is 122 Å². The third kappa shape index (κ3) is 5.55. The first-order valence-corrected chi connectivity index (χ1v) is 7.25. The van der Waals surface area contributed by atoms with Crippen LogP contribution in [0.2, 0.25) is 0 Å². The van der Waals surface area contributed by atoms with Gasteiger partial charge < -0.3 is 10.2 Å². The van der Waals surface area contributed by atoms with Crippen molar-refractivity contribution in [1.82, 2.24) is 15.3 Å². The van der Waals surface area contributed by atoms with Crippen LogP contribution in [0.3, 0.4) is 0 Å². The Bertz CT molecular complexity index is 437. The summed E-state index contributed by atoms with van der Waals surface area (Å²) in [7, 11) is 1.85. The van der Waals surface area contributed by atoms with Crippen LogP contribution in [-0.4, -0.2) is 35.5 Å². The minimum Gasteiger partial charge on any atom is -0.352 e. The van der Waals surface area contributed by atoms with Crippen LogP contribution in [0.25, 0.3) is 0 Å². The maximum absolute atomic E-state index is 11.7. The highest BCUT2D eigenvalue weighted by molar-refractivity contribution is 9.10. The van der Waals surface area contributed by atoms with E-state index in [1.54, 1.807) is 0 Å². The molecule has 0 atom stereocenters. The van der Waals surface area contributed by atoms with E-state index in [2.05, 4.69) is 38.1 Å². The van der Waals surface area contributed by atoms with E-state index in [0.717, 1.165) is 29.1 Å². The lowest BCUT2D eigenvalue weighted by Crippen LogP contribution is -2.38. The molecule has 0 fully saturated rings. The Morgan fingerprint density at radius 3 is 2.74 bits per heavy atom. The van der Waals surface area contributed by atoms with E-state index in [1.807, 2.05) is 31.9 Å². The standard InChI is InChI=1S/C13H21BrN4O/c1-5-6-11-16-10(14)7-12(17-11)18(4)8-13(19)15-9(2)3/h7,9H,5-6,8H2,1-4H3,(H,15,19). The molecule has 1 N–H and O–H groups in total. The van der Waals surface area contributed by atoms with Crippen LogP contribution in [-0.2, 0) is 11.2 Å². The number of rotatable bonds is 6. The Hall–Kier alpha value is -1.17. The number of hydrogen-bond acceptors (Lipinski definition) is 4. The first kappa shape index (κ1) is 15.9. The van der Waals surface area contributed by atoms with Crippen LogP contribution in [0.15, 0.2) is 10.7 Å². The predicted molar refractivity (Wildman–Crippen MR) is 80.3 cm³/mol. The van der Waals surface area contributed by atoms with Crippen molar-refractivity contribution in [2.75, 3.05) is 18.5 Å². The summed E-state index contributed by atoms with van der Waals surface area (Å²) in [6, 6.07) is 1.97. The smallest absolute Gasteiger partial charge is 0.239 e. The van der Waals surface area contributed by atoms with E-state index >= 15 is 0 Å². The molecular formula is C13H21BrN4O. The van der Waals surface area contributed by atoms with Crippen molar-refractivity contribution in [2.24, 2.45) is 0 Å². The van der Waals surface area contributed by atoms with Gasteiger partial charge in [-0.3, -0.25) is 4.79 Å². The first-order chi connectivity index (χ1) is 8.92. The van der Waals surface area contributed by atoms with E-state index in [4.69, 9.17) is 0 Å². The molecule has 1 rings (SSSR count). The van der Waals surface area contributed by atoms with E-state index in [0.29, 0.717) is 0 Å². The number of nitrogens with zero attached hydrogens (tertiary/aromatic N) is 3. The molecule has 1 aromatic heterocycles. The third-order valence-electron chi connectivity index (χ3n) is 2.42. The minimum absolute atomic E-state index is 0.00993. The van der Waals surface area contributed by atoms with E-state index in [-0.39, 0.29) is 18.5 Å². The molecule has 0 aliphatic heterocycles. The number of hydrogen-bond donors (Lipinski definition) is 1. The van der Waals surface area contributed by atoms with E-state index < -0.39 is 0 Å². The molecule has 0 aliphatic rings. The summed E-state index contributed by atoms with van der Waals surface area (Å²) in [4.78, 5) is 22.3. The number of likely N-dealkylation sites (N-methyl/N-ethyl adjacent to an activating group) is 1. The molecule has 106 valence electrons. The van der Waals surface area contributed by atoms with Gasteiger partial charge in [-0.1, -0.05) is 6.92 Å². The molecule has 1 heterocycles. The average molecular weight is 329 g/mol. The molecule has 19 heavy (non-hydrogen) atoms. The first-order valence-electron chi connectivity index (χ1n) is 6.46. The van der Waals surface area contributed by atoms with Crippen molar-refractivity contribution in [1.29, 1.82) is 0 Å². The average Bonchev–Trinajstić information content (AvgIpc) is 2.27. The summed E-state index contributed by atoms with van der Waals surface area (Å²) in [5.74, 6) is 1.54. The summed E-state index contributed by atoms with van der Waals surface area (Å²) in [5.41, 5.74) is 0. The van der Waals surface area contributed by atoms with Crippen LogP contribution in [0.4, 0.5) is 5.82 Å². The molecule has 0 aromatic carbocycles. The van der Waals surface area contributed by atoms with Gasteiger partial charge in [0.1, 0.15) is 16.2 Å². The molecule has 1 amide bonds. The molecule has 0 bridgehead atoms. The Balaban J connectivity index is 2.75. The number of nitrogens with one attached hydrogen (secondary N) is 1. The summed E-state index contributed by atoms with van der Waals surface area (Å²) in [6.45, 7) is 6.26. The molecular weight excluding hydrogens is 308 g/mol. The van der Waals surface area contributed by atoms with Gasteiger partial charge >= 0.3 is 0 Å². The lowest BCUT2D eigenvalue weighted by molar-refractivity contribution is -0.120. The fourth-order valence-electron chi connectivity index (χ4n) is 1.65. The van der Waals surface area contributed by atoms with Crippen molar-refractivity contribution in [3.05, 3.63) is 16.5 Å². The fourth-order valence-corrected chi connectivity index (χ4v) is 2.06. The molecule has 0 radical (unpaired) electrons. The predicted octanol–water partition coefficient (Wildman–Crippen LogP) is 2.15. The Morgan fingerprint density at radius 1 is 1.47 bits per heavy atom. The Kier molecular flexibility index (Phi) is 6.21. The van der Waals surface area contributed by atoms with Crippen LogP contribution in [0.1, 0.15) is 33.0 Å². The quantitative estimate of drug-likeness (QED) is 0.813. The lowest BCUT2D eigenvalue weighted by atomic mass is 10.3. The second-order valence-corrected chi connectivity index (χ2v) is 5.61. The van der Waals surface area contributed by atoms with Gasteiger partial charge in [0.25, 0.3) is 0 Å². The fraction of sp³-hybridized carbons (Fsp3) is 0.615. The SMILES string of the molecule is CCCc1nc(Br)cc(N(C)CC(=O)NC(C)C)n1. The van der Waals surface area contributed by atoms with Crippen LogP contribution >= 0.6 is 15.9 Å². The molecule has 0 aliphatic carbocycles. The molecule has 6 heteroatoms. The van der Waals surface area contributed by atoms with Gasteiger partial charge in [-0.25, -0.2) is 9.97 Å². The van der Waals surface area contributed by atoms with E-state index in [9.17, 15) is 4.79 Å². The minimum atomic E-state index is -0.00993. The number of anilines is 1. The molecule has 5 nitrogen and oxygen atoms in total. The van der Waals surface area contributed by atoms with Crippen molar-refractivity contribution in [2.45, 2.75) is 39.7 Å². The molecule has 1 aromatic rings. The molecule has 0 spiro atoms. The summed E-state index contributed by atoms with van der Waals surface area (Å²) < 4.78 is 0.747. The van der Waals surface area contributed by atoms with Crippen LogP contribution in [0, 0.1) is 0 Å². The highest BCUT2D eigenvalue weighted by atomic mass is 79.9. The number of amides is 1. The van der Waals surface area contributed by atoms with Crippen LogP contribution < -0.4 is 10.2 Å². The number of carbonyl (C=O) groups is 1. The third-order valence-corrected chi connectivity index (χ3v) is 2.83. The second-order valence-electron chi connectivity index (χ2n) is 4.79. The highest BCUT2D eigenvalue weighted by Gasteiger charge is 2.11. The molecule has 0 saturated heterocycles. The zero-order chi connectivity index (χ0) is 14.4. The van der Waals surface area contributed by atoms with Crippen LogP contribution in [0.5, 0.6) is 0 Å². The summed E-state index contributed by atoms with van der Waals surface area (Å²) in [6.07, 6.45) is 1.83. The van der Waals surface area contributed by atoms with Crippen molar-refractivity contribution in [3.8, 4) is 0 Å². The van der Waals surface area contributed by atoms with Gasteiger partial charge in [0.15, 0.2) is 0 Å². The van der Waals surface area contributed by atoms with Crippen molar-refractivity contribution >= 4 is 27.7 Å². The van der Waals surface area contributed by atoms with Gasteiger partial charge in [0.05, 0.1) is 6.54 Å². The number of carbonyl (C=O) groups excluding carboxylic acids is 1. The molecule has 0 saturated carbocycles. The normalized spacial score (nSPS) is 10.6. The second kappa shape index (κ2) is 7.43. The largest absolute Gasteiger partial charge is 0.352 e. The van der Waals surface area contributed by atoms with Gasteiger partial charge in [0.2, 0.25) is 5.91 Å².